The molecule has 3 unspecified atom stereocenters. The van der Waals surface area contributed by atoms with Gasteiger partial charge in [0.1, 0.15) is 0 Å². The Morgan fingerprint density at radius 1 is 1.29 bits per heavy atom. The number of nitrogens with one attached hydrogen (secondary N) is 1. The fourth-order valence-corrected chi connectivity index (χ4v) is 3.34. The highest BCUT2D eigenvalue weighted by Gasteiger charge is 2.32. The van der Waals surface area contributed by atoms with E-state index in [-0.39, 0.29) is 5.91 Å². The van der Waals surface area contributed by atoms with Crippen molar-refractivity contribution in [2.24, 2.45) is 11.8 Å². The first kappa shape index (κ1) is 16.0. The van der Waals surface area contributed by atoms with Crippen LogP contribution in [-0.4, -0.2) is 37.0 Å². The Kier molecular flexibility index (Phi) is 5.40. The molecule has 3 atom stereocenters. The highest BCUT2D eigenvalue weighted by Crippen LogP contribution is 2.28. The molecule has 3 nitrogen and oxygen atoms in total. The van der Waals surface area contributed by atoms with Gasteiger partial charge in [-0.25, -0.2) is 0 Å². The molecular formula is C18H28N2O. The summed E-state index contributed by atoms with van der Waals surface area (Å²) < 4.78 is 0. The number of likely N-dealkylation sites (N-methyl/N-ethyl adjacent to an activating group) is 1. The summed E-state index contributed by atoms with van der Waals surface area (Å²) in [6.45, 7) is 8.46. The SMILES string of the molecule is CNCCc1ccccc1C(=O)N1CC(C)CC(C)C1C. The maximum absolute atomic E-state index is 13.0. The average molecular weight is 288 g/mol. The highest BCUT2D eigenvalue weighted by atomic mass is 16.2. The average Bonchev–Trinajstić information content (AvgIpc) is 2.48. The van der Waals surface area contributed by atoms with Gasteiger partial charge >= 0.3 is 0 Å². The molecule has 0 aromatic heterocycles. The molecule has 1 aliphatic heterocycles. The number of hydrogen-bond acceptors (Lipinski definition) is 2. The predicted molar refractivity (Wildman–Crippen MR) is 87.5 cm³/mol. The van der Waals surface area contributed by atoms with Gasteiger partial charge in [0.05, 0.1) is 0 Å². The van der Waals surface area contributed by atoms with Crippen LogP contribution in [0.25, 0.3) is 0 Å². The number of rotatable bonds is 4. The van der Waals surface area contributed by atoms with E-state index in [0.29, 0.717) is 17.9 Å². The predicted octanol–water partition coefficient (Wildman–Crippen LogP) is 2.96. The van der Waals surface area contributed by atoms with Crippen molar-refractivity contribution in [2.45, 2.75) is 39.7 Å². The maximum Gasteiger partial charge on any atom is 0.254 e. The Hall–Kier alpha value is -1.35. The summed E-state index contributed by atoms with van der Waals surface area (Å²) in [5.41, 5.74) is 2.02. The van der Waals surface area contributed by atoms with Gasteiger partial charge < -0.3 is 10.2 Å². The monoisotopic (exact) mass is 288 g/mol. The van der Waals surface area contributed by atoms with Gasteiger partial charge in [-0.2, -0.15) is 0 Å². The summed E-state index contributed by atoms with van der Waals surface area (Å²) in [7, 11) is 1.94. The van der Waals surface area contributed by atoms with Gasteiger partial charge in [-0.1, -0.05) is 32.0 Å². The molecule has 1 aromatic carbocycles. The Bertz CT molecular complexity index is 486. The van der Waals surface area contributed by atoms with Crippen molar-refractivity contribution in [1.82, 2.24) is 10.2 Å². The quantitative estimate of drug-likeness (QED) is 0.924. The number of hydrogen-bond donors (Lipinski definition) is 1. The van der Waals surface area contributed by atoms with Crippen molar-refractivity contribution >= 4 is 5.91 Å². The second-order valence-corrected chi connectivity index (χ2v) is 6.53. The summed E-state index contributed by atoms with van der Waals surface area (Å²) in [5.74, 6) is 1.36. The lowest BCUT2D eigenvalue weighted by atomic mass is 9.85. The molecule has 0 spiro atoms. The van der Waals surface area contributed by atoms with E-state index in [2.05, 4.69) is 37.1 Å². The van der Waals surface area contributed by atoms with Gasteiger partial charge in [-0.3, -0.25) is 4.79 Å². The number of likely N-dealkylation sites (tertiary alicyclic amines) is 1. The van der Waals surface area contributed by atoms with Gasteiger partial charge in [0.2, 0.25) is 0 Å². The second kappa shape index (κ2) is 7.08. The standard InChI is InChI=1S/C18H28N2O/c1-13-11-14(2)15(3)20(12-13)18(21)17-8-6-5-7-16(17)9-10-19-4/h5-8,13-15,19H,9-12H2,1-4H3. The van der Waals surface area contributed by atoms with Gasteiger partial charge in [-0.15, -0.1) is 0 Å². The van der Waals surface area contributed by atoms with Crippen molar-refractivity contribution in [1.29, 1.82) is 0 Å². The number of piperidine rings is 1. The number of carbonyl (C=O) groups is 1. The topological polar surface area (TPSA) is 32.3 Å². The van der Waals surface area contributed by atoms with E-state index in [4.69, 9.17) is 0 Å². The molecule has 1 aromatic rings. The largest absolute Gasteiger partial charge is 0.335 e. The molecular weight excluding hydrogens is 260 g/mol. The number of nitrogens with zero attached hydrogens (tertiary/aromatic N) is 1. The van der Waals surface area contributed by atoms with E-state index in [1.807, 2.05) is 25.2 Å². The number of amides is 1. The Morgan fingerprint density at radius 3 is 2.71 bits per heavy atom. The molecule has 1 amide bonds. The highest BCUT2D eigenvalue weighted by molar-refractivity contribution is 5.96. The van der Waals surface area contributed by atoms with Crippen LogP contribution in [-0.2, 0) is 6.42 Å². The molecule has 0 aliphatic carbocycles. The Morgan fingerprint density at radius 2 is 2.00 bits per heavy atom. The van der Waals surface area contributed by atoms with E-state index in [1.54, 1.807) is 0 Å². The van der Waals surface area contributed by atoms with Crippen molar-refractivity contribution in [3.05, 3.63) is 35.4 Å². The van der Waals surface area contributed by atoms with Gasteiger partial charge in [0, 0.05) is 18.2 Å². The molecule has 1 heterocycles. The van der Waals surface area contributed by atoms with Crippen molar-refractivity contribution in [3.8, 4) is 0 Å². The van der Waals surface area contributed by atoms with Crippen LogP contribution < -0.4 is 5.32 Å². The normalized spacial score (nSPS) is 25.9. The van der Waals surface area contributed by atoms with E-state index in [9.17, 15) is 4.79 Å². The van der Waals surface area contributed by atoms with E-state index >= 15 is 0 Å². The first-order chi connectivity index (χ1) is 10.0. The van der Waals surface area contributed by atoms with Crippen LogP contribution in [0, 0.1) is 11.8 Å². The van der Waals surface area contributed by atoms with E-state index in [1.165, 1.54) is 6.42 Å². The third-order valence-electron chi connectivity index (χ3n) is 4.75. The summed E-state index contributed by atoms with van der Waals surface area (Å²) in [6, 6.07) is 8.37. The van der Waals surface area contributed by atoms with Gasteiger partial charge in [0.15, 0.2) is 0 Å². The zero-order valence-electron chi connectivity index (χ0n) is 13.7. The lowest BCUT2D eigenvalue weighted by molar-refractivity contribution is 0.0454. The van der Waals surface area contributed by atoms with Crippen LogP contribution >= 0.6 is 0 Å². The molecule has 0 bridgehead atoms. The molecule has 0 radical (unpaired) electrons. The minimum absolute atomic E-state index is 0.201. The summed E-state index contributed by atoms with van der Waals surface area (Å²) in [6.07, 6.45) is 2.11. The van der Waals surface area contributed by atoms with Gasteiger partial charge in [0.25, 0.3) is 5.91 Å². The zero-order chi connectivity index (χ0) is 15.4. The summed E-state index contributed by atoms with van der Waals surface area (Å²) in [4.78, 5) is 15.1. The molecule has 1 saturated heterocycles. The summed E-state index contributed by atoms with van der Waals surface area (Å²) in [5, 5.41) is 3.16. The number of benzene rings is 1. The first-order valence-corrected chi connectivity index (χ1v) is 8.08. The second-order valence-electron chi connectivity index (χ2n) is 6.53. The molecule has 21 heavy (non-hydrogen) atoms. The minimum Gasteiger partial charge on any atom is -0.335 e. The van der Waals surface area contributed by atoms with Crippen LogP contribution in [0.4, 0.5) is 0 Å². The molecule has 1 aliphatic rings. The summed E-state index contributed by atoms with van der Waals surface area (Å²) >= 11 is 0. The van der Waals surface area contributed by atoms with E-state index < -0.39 is 0 Å². The third kappa shape index (κ3) is 3.65. The third-order valence-corrected chi connectivity index (χ3v) is 4.75. The fraction of sp³-hybridized carbons (Fsp3) is 0.611. The fourth-order valence-electron chi connectivity index (χ4n) is 3.34. The Balaban J connectivity index is 2.22. The zero-order valence-corrected chi connectivity index (χ0v) is 13.7. The lowest BCUT2D eigenvalue weighted by Crippen LogP contribution is -2.49. The van der Waals surface area contributed by atoms with Gasteiger partial charge in [-0.05, 0) is 56.8 Å². The molecule has 1 N–H and O–H groups in total. The lowest BCUT2D eigenvalue weighted by Gasteiger charge is -2.41. The molecule has 0 saturated carbocycles. The van der Waals surface area contributed by atoms with Crippen molar-refractivity contribution in [3.63, 3.8) is 0 Å². The van der Waals surface area contributed by atoms with Crippen LogP contribution in [0.3, 0.4) is 0 Å². The number of carbonyl (C=O) groups excluding carboxylic acids is 1. The molecule has 3 heteroatoms. The molecule has 116 valence electrons. The van der Waals surface area contributed by atoms with Crippen LogP contribution in [0.5, 0.6) is 0 Å². The van der Waals surface area contributed by atoms with Crippen LogP contribution in [0.1, 0.15) is 43.1 Å². The van der Waals surface area contributed by atoms with Crippen LogP contribution in [0.15, 0.2) is 24.3 Å². The van der Waals surface area contributed by atoms with Crippen LogP contribution in [0.2, 0.25) is 0 Å². The van der Waals surface area contributed by atoms with Crippen molar-refractivity contribution < 1.29 is 4.79 Å². The smallest absolute Gasteiger partial charge is 0.254 e. The maximum atomic E-state index is 13.0. The Labute approximate surface area is 128 Å². The van der Waals surface area contributed by atoms with Crippen molar-refractivity contribution in [2.75, 3.05) is 20.1 Å². The first-order valence-electron chi connectivity index (χ1n) is 8.08. The van der Waals surface area contributed by atoms with E-state index in [0.717, 1.165) is 30.6 Å². The minimum atomic E-state index is 0.201. The molecule has 2 rings (SSSR count). The molecule has 1 fully saturated rings.